The summed E-state index contributed by atoms with van der Waals surface area (Å²) < 4.78 is 11.4. The molecule has 7 heteroatoms. The van der Waals surface area contributed by atoms with E-state index in [0.717, 1.165) is 38.4 Å². The van der Waals surface area contributed by atoms with Crippen LogP contribution in [0.2, 0.25) is 5.02 Å². The van der Waals surface area contributed by atoms with Crippen LogP contribution in [0.15, 0.2) is 42.5 Å². The maximum Gasteiger partial charge on any atom is 0.255 e. The van der Waals surface area contributed by atoms with Crippen LogP contribution in [0.5, 0.6) is 5.75 Å². The number of methoxy groups -OCH3 is 1. The van der Waals surface area contributed by atoms with Gasteiger partial charge < -0.3 is 19.7 Å². The average molecular weight is 446 g/mol. The predicted molar refractivity (Wildman–Crippen MR) is 125 cm³/mol. The van der Waals surface area contributed by atoms with Gasteiger partial charge in [0.1, 0.15) is 5.75 Å². The minimum Gasteiger partial charge on any atom is -0.496 e. The first-order valence-corrected chi connectivity index (χ1v) is 11.2. The second-order valence-electron chi connectivity index (χ2n) is 7.60. The molecule has 1 atom stereocenters. The topological polar surface area (TPSA) is 54.0 Å². The highest BCUT2D eigenvalue weighted by Gasteiger charge is 2.23. The van der Waals surface area contributed by atoms with Crippen molar-refractivity contribution in [2.45, 2.75) is 26.5 Å². The maximum absolute atomic E-state index is 12.9. The van der Waals surface area contributed by atoms with Gasteiger partial charge in [0.2, 0.25) is 0 Å². The molecule has 2 aromatic carbocycles. The van der Waals surface area contributed by atoms with Crippen molar-refractivity contribution in [3.63, 3.8) is 0 Å². The number of hydrogen-bond acceptors (Lipinski definition) is 5. The number of carbonyl (C=O) groups is 1. The third-order valence-corrected chi connectivity index (χ3v) is 5.88. The second kappa shape index (κ2) is 11.4. The van der Waals surface area contributed by atoms with E-state index in [2.05, 4.69) is 53.2 Å². The van der Waals surface area contributed by atoms with Crippen molar-refractivity contribution in [2.75, 3.05) is 51.3 Å². The lowest BCUT2D eigenvalue weighted by Gasteiger charge is -2.33. The molecule has 1 fully saturated rings. The minimum absolute atomic E-state index is 0.0576. The minimum atomic E-state index is -0.214. The van der Waals surface area contributed by atoms with Crippen LogP contribution in [0.25, 0.3) is 0 Å². The Morgan fingerprint density at radius 3 is 2.68 bits per heavy atom. The van der Waals surface area contributed by atoms with Crippen LogP contribution in [-0.4, -0.2) is 63.4 Å². The van der Waals surface area contributed by atoms with E-state index in [1.54, 1.807) is 13.2 Å². The lowest BCUT2D eigenvalue weighted by Crippen LogP contribution is -2.47. The highest BCUT2D eigenvalue weighted by molar-refractivity contribution is 6.33. The number of ether oxygens (including phenoxy) is 2. The number of rotatable bonds is 9. The Kier molecular flexibility index (Phi) is 8.58. The second-order valence-corrected chi connectivity index (χ2v) is 8.01. The molecule has 1 heterocycles. The van der Waals surface area contributed by atoms with Crippen molar-refractivity contribution in [3.05, 3.63) is 58.6 Å². The summed E-state index contributed by atoms with van der Waals surface area (Å²) in [6.45, 7) is 9.40. The fourth-order valence-electron chi connectivity index (χ4n) is 3.89. The first-order valence-electron chi connectivity index (χ1n) is 10.8. The van der Waals surface area contributed by atoms with Crippen LogP contribution >= 0.6 is 11.6 Å². The van der Waals surface area contributed by atoms with E-state index >= 15 is 0 Å². The maximum atomic E-state index is 12.9. The Balaban J connectivity index is 1.61. The summed E-state index contributed by atoms with van der Waals surface area (Å²) in [5.41, 5.74) is 2.58. The SMILES string of the molecule is CCN(CC)c1cc(OC)c(C(=O)NCC2CN(Cc3ccccc3)CCO2)cc1Cl. The van der Waals surface area contributed by atoms with Crippen LogP contribution in [0, 0.1) is 0 Å². The Morgan fingerprint density at radius 2 is 2.00 bits per heavy atom. The molecule has 0 radical (unpaired) electrons. The smallest absolute Gasteiger partial charge is 0.255 e. The number of halogens is 1. The Bertz CT molecular complexity index is 859. The first-order chi connectivity index (χ1) is 15.0. The van der Waals surface area contributed by atoms with Gasteiger partial charge in [0.05, 0.1) is 36.1 Å². The molecule has 1 saturated heterocycles. The van der Waals surface area contributed by atoms with Crippen molar-refractivity contribution in [1.29, 1.82) is 0 Å². The predicted octanol–water partition coefficient (Wildman–Crippen LogP) is 3.83. The molecule has 0 saturated carbocycles. The molecule has 0 spiro atoms. The summed E-state index contributed by atoms with van der Waals surface area (Å²) in [6.07, 6.45) is -0.0576. The van der Waals surface area contributed by atoms with Crippen molar-refractivity contribution < 1.29 is 14.3 Å². The number of morpholine rings is 1. The molecule has 0 aromatic heterocycles. The molecule has 1 N–H and O–H groups in total. The van der Waals surface area contributed by atoms with Gasteiger partial charge in [0.25, 0.3) is 5.91 Å². The van der Waals surface area contributed by atoms with Gasteiger partial charge in [0, 0.05) is 45.3 Å². The average Bonchev–Trinajstić information content (AvgIpc) is 2.80. The van der Waals surface area contributed by atoms with Gasteiger partial charge in [0.15, 0.2) is 0 Å². The van der Waals surface area contributed by atoms with Crippen molar-refractivity contribution in [2.24, 2.45) is 0 Å². The number of nitrogens with zero attached hydrogens (tertiary/aromatic N) is 2. The van der Waals surface area contributed by atoms with Crippen molar-refractivity contribution >= 4 is 23.2 Å². The molecule has 1 amide bonds. The van der Waals surface area contributed by atoms with E-state index < -0.39 is 0 Å². The summed E-state index contributed by atoms with van der Waals surface area (Å²) in [5.74, 6) is 0.299. The molecule has 168 valence electrons. The zero-order chi connectivity index (χ0) is 22.2. The Morgan fingerprint density at radius 1 is 1.26 bits per heavy atom. The van der Waals surface area contributed by atoms with Gasteiger partial charge in [-0.15, -0.1) is 0 Å². The van der Waals surface area contributed by atoms with Crippen LogP contribution in [0.1, 0.15) is 29.8 Å². The number of hydrogen-bond donors (Lipinski definition) is 1. The van der Waals surface area contributed by atoms with Crippen LogP contribution in [0.3, 0.4) is 0 Å². The summed E-state index contributed by atoms with van der Waals surface area (Å²) in [7, 11) is 1.57. The number of anilines is 1. The highest BCUT2D eigenvalue weighted by atomic mass is 35.5. The molecule has 1 unspecified atom stereocenters. The van der Waals surface area contributed by atoms with Crippen LogP contribution in [-0.2, 0) is 11.3 Å². The first kappa shape index (κ1) is 23.4. The molecule has 0 bridgehead atoms. The Hall–Kier alpha value is -2.28. The van der Waals surface area contributed by atoms with E-state index in [1.165, 1.54) is 5.56 Å². The molecule has 2 aromatic rings. The van der Waals surface area contributed by atoms with Gasteiger partial charge in [-0.25, -0.2) is 0 Å². The summed E-state index contributed by atoms with van der Waals surface area (Å²) in [6, 6.07) is 13.9. The van der Waals surface area contributed by atoms with Crippen molar-refractivity contribution in [1.82, 2.24) is 10.2 Å². The summed E-state index contributed by atoms with van der Waals surface area (Å²) in [4.78, 5) is 17.4. The molecule has 1 aliphatic heterocycles. The molecule has 31 heavy (non-hydrogen) atoms. The molecule has 6 nitrogen and oxygen atoms in total. The largest absolute Gasteiger partial charge is 0.496 e. The van der Waals surface area contributed by atoms with Crippen LogP contribution in [0.4, 0.5) is 5.69 Å². The normalized spacial score (nSPS) is 16.7. The molecule has 0 aliphatic carbocycles. The van der Waals surface area contributed by atoms with Gasteiger partial charge in [-0.05, 0) is 25.5 Å². The monoisotopic (exact) mass is 445 g/mol. The van der Waals surface area contributed by atoms with Gasteiger partial charge >= 0.3 is 0 Å². The third kappa shape index (κ3) is 6.12. The van der Waals surface area contributed by atoms with Gasteiger partial charge in [-0.3, -0.25) is 9.69 Å². The van der Waals surface area contributed by atoms with Gasteiger partial charge in [-0.1, -0.05) is 41.9 Å². The highest BCUT2D eigenvalue weighted by Crippen LogP contribution is 2.33. The lowest BCUT2D eigenvalue weighted by atomic mass is 10.1. The molecule has 1 aliphatic rings. The number of carbonyl (C=O) groups excluding carboxylic acids is 1. The van der Waals surface area contributed by atoms with Crippen LogP contribution < -0.4 is 15.0 Å². The Labute approximate surface area is 190 Å². The van der Waals surface area contributed by atoms with E-state index in [-0.39, 0.29) is 12.0 Å². The molecular weight excluding hydrogens is 414 g/mol. The van der Waals surface area contributed by atoms with E-state index in [9.17, 15) is 4.79 Å². The molecule has 3 rings (SSSR count). The summed E-state index contributed by atoms with van der Waals surface area (Å²) in [5, 5.41) is 3.53. The zero-order valence-electron chi connectivity index (χ0n) is 18.6. The quantitative estimate of drug-likeness (QED) is 0.635. The fourth-order valence-corrected chi connectivity index (χ4v) is 4.17. The standard InChI is InChI=1S/C24H32ClN3O3/c1-4-28(5-2)22-14-23(30-3)20(13-21(22)25)24(29)26-15-19-17-27(11-12-31-19)16-18-9-7-6-8-10-18/h6-10,13-14,19H,4-5,11-12,15-17H2,1-3H3,(H,26,29). The van der Waals surface area contributed by atoms with E-state index in [0.29, 0.717) is 29.5 Å². The van der Waals surface area contributed by atoms with Crippen molar-refractivity contribution in [3.8, 4) is 5.75 Å². The van der Waals surface area contributed by atoms with E-state index in [4.69, 9.17) is 21.1 Å². The van der Waals surface area contributed by atoms with E-state index in [1.807, 2.05) is 12.1 Å². The number of amides is 1. The number of nitrogens with one attached hydrogen (secondary N) is 1. The number of benzene rings is 2. The molecular formula is C24H32ClN3O3. The fraction of sp³-hybridized carbons (Fsp3) is 0.458. The summed E-state index contributed by atoms with van der Waals surface area (Å²) >= 11 is 6.49. The lowest BCUT2D eigenvalue weighted by molar-refractivity contribution is -0.0292. The third-order valence-electron chi connectivity index (χ3n) is 5.58. The van der Waals surface area contributed by atoms with Gasteiger partial charge in [-0.2, -0.15) is 0 Å². The zero-order valence-corrected chi connectivity index (χ0v) is 19.3.